The molecule has 0 radical (unpaired) electrons. The highest BCUT2D eigenvalue weighted by Crippen LogP contribution is 2.25. The topological polar surface area (TPSA) is 28.2 Å². The van der Waals surface area contributed by atoms with Gasteiger partial charge in [-0.1, -0.05) is 6.92 Å². The number of likely N-dealkylation sites (N-methyl/N-ethyl adjacent to an activating group) is 1. The number of halogens is 1. The summed E-state index contributed by atoms with van der Waals surface area (Å²) in [4.78, 5) is 6.76. The normalized spacial score (nSPS) is 23.9. The smallest absolute Gasteiger partial charge is 0.0937 e. The minimum Gasteiger partial charge on any atom is -0.316 e. The zero-order valence-electron chi connectivity index (χ0n) is 10.6. The Morgan fingerprint density at radius 1 is 1.59 bits per heavy atom. The Kier molecular flexibility index (Phi) is 5.86. The number of aromatic nitrogens is 1. The first kappa shape index (κ1) is 14.9. The second kappa shape index (κ2) is 6.69. The summed E-state index contributed by atoms with van der Waals surface area (Å²) < 4.78 is 0. The molecule has 1 unspecified atom stereocenters. The number of hydrogen-bond donors (Lipinski definition) is 1. The molecule has 0 spiro atoms. The maximum atomic E-state index is 4.32. The minimum absolute atomic E-state index is 0. The van der Waals surface area contributed by atoms with Crippen molar-refractivity contribution < 1.29 is 0 Å². The summed E-state index contributed by atoms with van der Waals surface area (Å²) in [6.07, 6.45) is 4.27. The predicted octanol–water partition coefficient (Wildman–Crippen LogP) is 2.04. The van der Waals surface area contributed by atoms with Crippen LogP contribution in [-0.2, 0) is 6.42 Å². The highest BCUT2D eigenvalue weighted by Gasteiger charge is 2.29. The van der Waals surface area contributed by atoms with Crippen molar-refractivity contribution in [2.24, 2.45) is 5.41 Å². The maximum absolute atomic E-state index is 4.32. The monoisotopic (exact) mass is 275 g/mol. The quantitative estimate of drug-likeness (QED) is 0.891. The van der Waals surface area contributed by atoms with Crippen molar-refractivity contribution >= 4 is 23.7 Å². The first-order chi connectivity index (χ1) is 7.68. The average molecular weight is 276 g/mol. The van der Waals surface area contributed by atoms with Crippen LogP contribution in [0.1, 0.15) is 18.4 Å². The van der Waals surface area contributed by atoms with Crippen molar-refractivity contribution in [3.63, 3.8) is 0 Å². The fourth-order valence-corrected chi connectivity index (χ4v) is 3.01. The van der Waals surface area contributed by atoms with Crippen LogP contribution in [-0.4, -0.2) is 43.1 Å². The molecule has 0 amide bonds. The van der Waals surface area contributed by atoms with Gasteiger partial charge in [0.25, 0.3) is 0 Å². The Morgan fingerprint density at radius 3 is 3.00 bits per heavy atom. The van der Waals surface area contributed by atoms with E-state index in [9.17, 15) is 0 Å². The van der Waals surface area contributed by atoms with Gasteiger partial charge in [0, 0.05) is 37.6 Å². The van der Waals surface area contributed by atoms with E-state index in [4.69, 9.17) is 0 Å². The van der Waals surface area contributed by atoms with E-state index in [0.29, 0.717) is 5.41 Å². The number of thiazole rings is 1. The van der Waals surface area contributed by atoms with Crippen molar-refractivity contribution in [3.8, 4) is 0 Å². The Labute approximate surface area is 114 Å². The van der Waals surface area contributed by atoms with Crippen LogP contribution in [0.2, 0.25) is 0 Å². The summed E-state index contributed by atoms with van der Waals surface area (Å²) >= 11 is 1.76. The molecular weight excluding hydrogens is 254 g/mol. The van der Waals surface area contributed by atoms with E-state index < -0.39 is 0 Å². The van der Waals surface area contributed by atoms with Crippen LogP contribution in [0.4, 0.5) is 0 Å². The first-order valence-corrected chi connectivity index (χ1v) is 6.84. The van der Waals surface area contributed by atoms with E-state index in [1.165, 1.54) is 24.5 Å². The van der Waals surface area contributed by atoms with Gasteiger partial charge in [0.2, 0.25) is 0 Å². The van der Waals surface area contributed by atoms with Gasteiger partial charge >= 0.3 is 0 Å². The predicted molar refractivity (Wildman–Crippen MR) is 76.2 cm³/mol. The standard InChI is InChI=1S/C12H21N3S.ClH/c1-12(4-5-13-9-12)10-15(2)7-3-11-14-6-8-16-11;/h6,8,13H,3-5,7,9-10H2,1-2H3;1H. The van der Waals surface area contributed by atoms with Crippen LogP contribution in [0.25, 0.3) is 0 Å². The third kappa shape index (κ3) is 4.54. The molecule has 2 rings (SSSR count). The fraction of sp³-hybridized carbons (Fsp3) is 0.750. The van der Waals surface area contributed by atoms with E-state index in [1.54, 1.807) is 11.3 Å². The molecule has 0 saturated carbocycles. The van der Waals surface area contributed by atoms with E-state index in [-0.39, 0.29) is 12.4 Å². The maximum Gasteiger partial charge on any atom is 0.0937 e. The molecule has 0 aromatic carbocycles. The highest BCUT2D eigenvalue weighted by molar-refractivity contribution is 7.09. The lowest BCUT2D eigenvalue weighted by atomic mass is 9.89. The summed E-state index contributed by atoms with van der Waals surface area (Å²) in [6.45, 7) is 7.02. The lowest BCUT2D eigenvalue weighted by Crippen LogP contribution is -2.36. The van der Waals surface area contributed by atoms with Gasteiger partial charge in [-0.3, -0.25) is 0 Å². The lowest BCUT2D eigenvalue weighted by Gasteiger charge is -2.28. The van der Waals surface area contributed by atoms with E-state index in [0.717, 1.165) is 19.5 Å². The minimum atomic E-state index is 0. The summed E-state index contributed by atoms with van der Waals surface area (Å²) in [5.74, 6) is 0. The zero-order valence-corrected chi connectivity index (χ0v) is 12.2. The van der Waals surface area contributed by atoms with Crippen LogP contribution >= 0.6 is 23.7 Å². The molecule has 1 N–H and O–H groups in total. The second-order valence-electron chi connectivity index (χ2n) is 5.15. The van der Waals surface area contributed by atoms with E-state index in [2.05, 4.69) is 34.6 Å². The molecule has 1 fully saturated rings. The van der Waals surface area contributed by atoms with Crippen molar-refractivity contribution in [1.29, 1.82) is 0 Å². The van der Waals surface area contributed by atoms with E-state index in [1.807, 2.05) is 6.20 Å². The molecule has 1 aliphatic rings. The van der Waals surface area contributed by atoms with Gasteiger partial charge in [-0.15, -0.1) is 23.7 Å². The molecule has 2 heterocycles. The number of rotatable bonds is 5. The second-order valence-corrected chi connectivity index (χ2v) is 6.13. The van der Waals surface area contributed by atoms with Crippen LogP contribution in [0.3, 0.4) is 0 Å². The third-order valence-corrected chi connectivity index (χ3v) is 4.14. The molecule has 5 heteroatoms. The lowest BCUT2D eigenvalue weighted by molar-refractivity contribution is 0.211. The first-order valence-electron chi connectivity index (χ1n) is 5.96. The van der Waals surface area contributed by atoms with Gasteiger partial charge in [0.15, 0.2) is 0 Å². The van der Waals surface area contributed by atoms with Crippen molar-refractivity contribution in [1.82, 2.24) is 15.2 Å². The molecule has 1 atom stereocenters. The van der Waals surface area contributed by atoms with Crippen LogP contribution in [0.15, 0.2) is 11.6 Å². The van der Waals surface area contributed by atoms with Gasteiger partial charge in [-0.25, -0.2) is 4.98 Å². The molecule has 0 aliphatic carbocycles. The number of nitrogens with one attached hydrogen (secondary N) is 1. The Balaban J connectivity index is 0.00000144. The summed E-state index contributed by atoms with van der Waals surface area (Å²) in [5, 5.41) is 6.76. The molecule has 3 nitrogen and oxygen atoms in total. The molecule has 0 bridgehead atoms. The van der Waals surface area contributed by atoms with Crippen molar-refractivity contribution in [2.45, 2.75) is 19.8 Å². The van der Waals surface area contributed by atoms with Gasteiger partial charge in [-0.05, 0) is 25.4 Å². The Hall–Kier alpha value is -0.160. The Morgan fingerprint density at radius 2 is 2.41 bits per heavy atom. The molecule has 1 aliphatic heterocycles. The molecule has 1 aromatic rings. The molecule has 17 heavy (non-hydrogen) atoms. The summed E-state index contributed by atoms with van der Waals surface area (Å²) in [6, 6.07) is 0. The van der Waals surface area contributed by atoms with E-state index >= 15 is 0 Å². The highest BCUT2D eigenvalue weighted by atomic mass is 35.5. The Bertz CT molecular complexity index is 310. The number of nitrogens with zero attached hydrogens (tertiary/aromatic N) is 2. The fourth-order valence-electron chi connectivity index (χ4n) is 2.40. The molecule has 1 saturated heterocycles. The van der Waals surface area contributed by atoms with Crippen molar-refractivity contribution in [3.05, 3.63) is 16.6 Å². The third-order valence-electron chi connectivity index (χ3n) is 3.30. The molecule has 1 aromatic heterocycles. The van der Waals surface area contributed by atoms with Gasteiger partial charge in [0.05, 0.1) is 5.01 Å². The SMILES string of the molecule is CN(CCc1nccs1)CC1(C)CCNC1.Cl. The average Bonchev–Trinajstić information content (AvgIpc) is 2.86. The number of hydrogen-bond acceptors (Lipinski definition) is 4. The van der Waals surface area contributed by atoms with Crippen LogP contribution < -0.4 is 5.32 Å². The molecular formula is C12H22ClN3S. The van der Waals surface area contributed by atoms with Gasteiger partial charge in [-0.2, -0.15) is 0 Å². The zero-order chi connectivity index (χ0) is 11.4. The van der Waals surface area contributed by atoms with Crippen molar-refractivity contribution in [2.75, 3.05) is 33.2 Å². The summed E-state index contributed by atoms with van der Waals surface area (Å²) in [5.41, 5.74) is 0.470. The summed E-state index contributed by atoms with van der Waals surface area (Å²) in [7, 11) is 2.22. The van der Waals surface area contributed by atoms with Crippen LogP contribution in [0, 0.1) is 5.41 Å². The van der Waals surface area contributed by atoms with Gasteiger partial charge in [0.1, 0.15) is 0 Å². The van der Waals surface area contributed by atoms with Crippen LogP contribution in [0.5, 0.6) is 0 Å². The largest absolute Gasteiger partial charge is 0.316 e. The van der Waals surface area contributed by atoms with Gasteiger partial charge < -0.3 is 10.2 Å². The molecule has 98 valence electrons.